The highest BCUT2D eigenvalue weighted by atomic mass is 16.2. The molecule has 128 valence electrons. The van der Waals surface area contributed by atoms with Crippen LogP contribution in [-0.4, -0.2) is 11.7 Å². The van der Waals surface area contributed by atoms with Crippen molar-refractivity contribution in [3.63, 3.8) is 0 Å². The maximum atomic E-state index is 13.2. The molecule has 3 heteroatoms. The van der Waals surface area contributed by atoms with Crippen LogP contribution in [0, 0.1) is 13.8 Å². The minimum atomic E-state index is -1.06. The van der Waals surface area contributed by atoms with Gasteiger partial charge in [0.2, 0.25) is 0 Å². The van der Waals surface area contributed by atoms with Crippen molar-refractivity contribution in [2.24, 2.45) is 4.99 Å². The number of benzene rings is 3. The van der Waals surface area contributed by atoms with Crippen molar-refractivity contribution >= 4 is 11.7 Å². The minimum Gasteiger partial charge on any atom is -0.308 e. The Bertz CT molecular complexity index is 931. The Kier molecular flexibility index (Phi) is 3.92. The van der Waals surface area contributed by atoms with Gasteiger partial charge in [-0.25, -0.2) is 4.99 Å². The molecule has 0 bridgehead atoms. The highest BCUT2D eigenvalue weighted by Gasteiger charge is 2.46. The van der Waals surface area contributed by atoms with Gasteiger partial charge in [-0.05, 0) is 37.1 Å². The first-order valence-electron chi connectivity index (χ1n) is 8.70. The number of hydrogen-bond donors (Lipinski definition) is 1. The molecule has 1 N–H and O–H groups in total. The number of aliphatic imine (C=N–C) groups is 1. The van der Waals surface area contributed by atoms with E-state index in [9.17, 15) is 4.79 Å². The number of hydrogen-bond acceptors (Lipinski definition) is 2. The van der Waals surface area contributed by atoms with Crippen LogP contribution in [0.3, 0.4) is 0 Å². The van der Waals surface area contributed by atoms with Crippen molar-refractivity contribution in [2.75, 3.05) is 0 Å². The molecule has 0 fully saturated rings. The van der Waals surface area contributed by atoms with Gasteiger partial charge < -0.3 is 5.32 Å². The summed E-state index contributed by atoms with van der Waals surface area (Å²) in [7, 11) is 0. The van der Waals surface area contributed by atoms with Crippen LogP contribution in [-0.2, 0) is 10.3 Å². The SMILES string of the molecule is Cc1cc(C)cc(C2=NC(c3ccccc3)(c3ccccc3)C(=O)N2)c1. The van der Waals surface area contributed by atoms with Crippen LogP contribution < -0.4 is 5.32 Å². The lowest BCUT2D eigenvalue weighted by Gasteiger charge is -2.24. The molecule has 0 saturated heterocycles. The van der Waals surface area contributed by atoms with E-state index >= 15 is 0 Å². The van der Waals surface area contributed by atoms with Gasteiger partial charge in [0.25, 0.3) is 5.91 Å². The zero-order valence-corrected chi connectivity index (χ0v) is 14.9. The van der Waals surface area contributed by atoms with Gasteiger partial charge in [-0.3, -0.25) is 4.79 Å². The van der Waals surface area contributed by atoms with Crippen molar-refractivity contribution in [3.05, 3.63) is 107 Å². The van der Waals surface area contributed by atoms with E-state index in [1.807, 2.05) is 60.7 Å². The second-order valence-electron chi connectivity index (χ2n) is 6.73. The lowest BCUT2D eigenvalue weighted by atomic mass is 9.83. The molecule has 0 saturated carbocycles. The Hall–Kier alpha value is -3.20. The van der Waals surface area contributed by atoms with Crippen LogP contribution in [0.4, 0.5) is 0 Å². The van der Waals surface area contributed by atoms with E-state index in [-0.39, 0.29) is 5.91 Å². The summed E-state index contributed by atoms with van der Waals surface area (Å²) in [6.45, 7) is 4.10. The fraction of sp³-hybridized carbons (Fsp3) is 0.130. The van der Waals surface area contributed by atoms with Gasteiger partial charge >= 0.3 is 0 Å². The van der Waals surface area contributed by atoms with Gasteiger partial charge in [-0.1, -0.05) is 77.9 Å². The van der Waals surface area contributed by atoms with E-state index < -0.39 is 5.54 Å². The first-order valence-corrected chi connectivity index (χ1v) is 8.70. The van der Waals surface area contributed by atoms with Crippen molar-refractivity contribution in [3.8, 4) is 0 Å². The van der Waals surface area contributed by atoms with Gasteiger partial charge in [0.05, 0.1) is 0 Å². The van der Waals surface area contributed by atoms with Crippen LogP contribution >= 0.6 is 0 Å². The van der Waals surface area contributed by atoms with E-state index in [0.717, 1.165) is 27.8 Å². The number of aryl methyl sites for hydroxylation is 2. The monoisotopic (exact) mass is 340 g/mol. The summed E-state index contributed by atoms with van der Waals surface area (Å²) in [5, 5.41) is 3.02. The first kappa shape index (κ1) is 16.3. The third kappa shape index (κ3) is 2.62. The van der Waals surface area contributed by atoms with Crippen LogP contribution in [0.25, 0.3) is 0 Å². The molecule has 3 aromatic carbocycles. The Labute approximate surface area is 153 Å². The molecular weight excluding hydrogens is 320 g/mol. The molecule has 3 nitrogen and oxygen atoms in total. The van der Waals surface area contributed by atoms with E-state index in [4.69, 9.17) is 4.99 Å². The fourth-order valence-corrected chi connectivity index (χ4v) is 3.61. The second-order valence-corrected chi connectivity index (χ2v) is 6.73. The summed E-state index contributed by atoms with van der Waals surface area (Å²) in [4.78, 5) is 18.2. The van der Waals surface area contributed by atoms with Gasteiger partial charge in [0.1, 0.15) is 5.84 Å². The van der Waals surface area contributed by atoms with Crippen molar-refractivity contribution in [1.82, 2.24) is 5.32 Å². The van der Waals surface area contributed by atoms with E-state index in [1.54, 1.807) is 0 Å². The summed E-state index contributed by atoms with van der Waals surface area (Å²) in [5.41, 5.74) is 3.90. The normalized spacial score (nSPS) is 15.5. The average molecular weight is 340 g/mol. The number of amides is 1. The smallest absolute Gasteiger partial charge is 0.262 e. The maximum absolute atomic E-state index is 13.2. The summed E-state index contributed by atoms with van der Waals surface area (Å²) < 4.78 is 0. The molecule has 0 aliphatic carbocycles. The molecule has 1 amide bonds. The third-order valence-corrected chi connectivity index (χ3v) is 4.72. The standard InChI is InChI=1S/C23H20N2O/c1-16-13-17(2)15-18(14-16)21-24-22(26)23(25-21,19-9-5-3-6-10-19)20-11-7-4-8-12-20/h3-15H,1-2H3,(H,24,25,26). The lowest BCUT2D eigenvalue weighted by molar-refractivity contribution is -0.122. The number of amidine groups is 1. The molecule has 26 heavy (non-hydrogen) atoms. The molecule has 1 aliphatic heterocycles. The minimum absolute atomic E-state index is 0.121. The molecule has 0 radical (unpaired) electrons. The average Bonchev–Trinajstić information content (AvgIpc) is 3.01. The highest BCUT2D eigenvalue weighted by Crippen LogP contribution is 2.37. The molecule has 0 unspecified atom stereocenters. The molecule has 0 spiro atoms. The van der Waals surface area contributed by atoms with E-state index in [1.165, 1.54) is 0 Å². The molecule has 3 aromatic rings. The van der Waals surface area contributed by atoms with Crippen molar-refractivity contribution < 1.29 is 4.79 Å². The summed E-state index contributed by atoms with van der Waals surface area (Å²) in [6, 6.07) is 25.7. The number of rotatable bonds is 3. The molecule has 1 aliphatic rings. The number of nitrogens with zero attached hydrogens (tertiary/aromatic N) is 1. The molecule has 0 atom stereocenters. The van der Waals surface area contributed by atoms with Crippen molar-refractivity contribution in [1.29, 1.82) is 0 Å². The zero-order chi connectivity index (χ0) is 18.1. The number of carbonyl (C=O) groups excluding carboxylic acids is 1. The van der Waals surface area contributed by atoms with Crippen molar-refractivity contribution in [2.45, 2.75) is 19.4 Å². The number of nitrogens with one attached hydrogen (secondary N) is 1. The summed E-state index contributed by atoms with van der Waals surface area (Å²) in [6.07, 6.45) is 0. The molecule has 4 rings (SSSR count). The number of carbonyl (C=O) groups is 1. The zero-order valence-electron chi connectivity index (χ0n) is 14.9. The van der Waals surface area contributed by atoms with Gasteiger partial charge in [-0.2, -0.15) is 0 Å². The van der Waals surface area contributed by atoms with Crippen LogP contribution in [0.5, 0.6) is 0 Å². The molecule has 0 aromatic heterocycles. The van der Waals surface area contributed by atoms with E-state index in [0.29, 0.717) is 5.84 Å². The van der Waals surface area contributed by atoms with Crippen LogP contribution in [0.1, 0.15) is 27.8 Å². The van der Waals surface area contributed by atoms with Gasteiger partial charge in [-0.15, -0.1) is 0 Å². The molecule has 1 heterocycles. The lowest BCUT2D eigenvalue weighted by Crippen LogP contribution is -2.38. The Morgan fingerprint density at radius 1 is 0.769 bits per heavy atom. The first-order chi connectivity index (χ1) is 12.6. The molecular formula is C23H20N2O. The fourth-order valence-electron chi connectivity index (χ4n) is 3.61. The summed E-state index contributed by atoms with van der Waals surface area (Å²) in [5.74, 6) is 0.499. The predicted molar refractivity (Wildman–Crippen MR) is 104 cm³/mol. The topological polar surface area (TPSA) is 41.5 Å². The quantitative estimate of drug-likeness (QED) is 0.765. The Morgan fingerprint density at radius 3 is 1.77 bits per heavy atom. The van der Waals surface area contributed by atoms with E-state index in [2.05, 4.69) is 37.4 Å². The highest BCUT2D eigenvalue weighted by molar-refractivity contribution is 6.16. The Balaban J connectivity index is 1.94. The van der Waals surface area contributed by atoms with Gasteiger partial charge in [0, 0.05) is 5.56 Å². The maximum Gasteiger partial charge on any atom is 0.262 e. The third-order valence-electron chi connectivity index (χ3n) is 4.72. The summed E-state index contributed by atoms with van der Waals surface area (Å²) >= 11 is 0. The van der Waals surface area contributed by atoms with Crippen LogP contribution in [0.15, 0.2) is 83.9 Å². The van der Waals surface area contributed by atoms with Gasteiger partial charge in [0.15, 0.2) is 5.54 Å². The Morgan fingerprint density at radius 2 is 1.27 bits per heavy atom. The largest absolute Gasteiger partial charge is 0.308 e. The van der Waals surface area contributed by atoms with Crippen LogP contribution in [0.2, 0.25) is 0 Å². The predicted octanol–water partition coefficient (Wildman–Crippen LogP) is 4.12. The second kappa shape index (κ2) is 6.26.